The zero-order valence-electron chi connectivity index (χ0n) is 12.2. The Morgan fingerprint density at radius 3 is 2.70 bits per heavy atom. The lowest BCUT2D eigenvalue weighted by Crippen LogP contribution is -2.59. The Bertz CT molecular complexity index is 367. The van der Waals surface area contributed by atoms with Crippen LogP contribution in [0.4, 0.5) is 0 Å². The molecule has 1 heterocycles. The first-order valence-corrected chi connectivity index (χ1v) is 7.51. The van der Waals surface area contributed by atoms with Gasteiger partial charge >= 0.3 is 0 Å². The maximum absolute atomic E-state index is 12.9. The molecule has 1 saturated heterocycles. The first kappa shape index (κ1) is 15.3. The molecule has 0 aromatic rings. The molecule has 20 heavy (non-hydrogen) atoms. The van der Waals surface area contributed by atoms with Gasteiger partial charge in [-0.1, -0.05) is 12.8 Å². The van der Waals surface area contributed by atoms with Gasteiger partial charge in [0, 0.05) is 19.6 Å². The summed E-state index contributed by atoms with van der Waals surface area (Å²) in [5.41, 5.74) is 5.42. The van der Waals surface area contributed by atoms with E-state index in [1.807, 2.05) is 6.92 Å². The summed E-state index contributed by atoms with van der Waals surface area (Å²) in [6.45, 7) is 4.03. The van der Waals surface area contributed by atoms with Crippen LogP contribution in [0.25, 0.3) is 0 Å². The highest BCUT2D eigenvalue weighted by atomic mass is 16.5. The van der Waals surface area contributed by atoms with Gasteiger partial charge in [-0.3, -0.25) is 9.59 Å². The monoisotopic (exact) mass is 283 g/mol. The Morgan fingerprint density at radius 1 is 1.40 bits per heavy atom. The second-order valence-electron chi connectivity index (χ2n) is 5.68. The largest absolute Gasteiger partial charge is 0.377 e. The summed E-state index contributed by atoms with van der Waals surface area (Å²) in [5, 5.41) is 2.78. The van der Waals surface area contributed by atoms with Crippen molar-refractivity contribution in [2.24, 2.45) is 11.1 Å². The molecule has 2 rings (SSSR count). The molecule has 1 unspecified atom stereocenters. The van der Waals surface area contributed by atoms with Gasteiger partial charge in [0.25, 0.3) is 0 Å². The number of amides is 2. The number of nitrogens with two attached hydrogens (primary N) is 1. The number of morpholine rings is 1. The molecule has 1 atom stereocenters. The van der Waals surface area contributed by atoms with Crippen molar-refractivity contribution in [3.63, 3.8) is 0 Å². The molecule has 0 spiro atoms. The Hall–Kier alpha value is -1.14. The van der Waals surface area contributed by atoms with Crippen LogP contribution < -0.4 is 11.1 Å². The van der Waals surface area contributed by atoms with Gasteiger partial charge in [-0.2, -0.15) is 0 Å². The van der Waals surface area contributed by atoms with Crippen molar-refractivity contribution in [1.82, 2.24) is 10.2 Å². The summed E-state index contributed by atoms with van der Waals surface area (Å²) < 4.78 is 5.37. The number of nitrogens with one attached hydrogen (secondary N) is 1. The minimum atomic E-state index is -0.514. The molecule has 1 saturated carbocycles. The van der Waals surface area contributed by atoms with Crippen molar-refractivity contribution in [2.75, 3.05) is 32.8 Å². The summed E-state index contributed by atoms with van der Waals surface area (Å²) in [5.74, 6) is -0.0947. The van der Waals surface area contributed by atoms with E-state index in [1.165, 1.54) is 0 Å². The van der Waals surface area contributed by atoms with Crippen LogP contribution in [0.2, 0.25) is 0 Å². The van der Waals surface area contributed by atoms with E-state index < -0.39 is 11.5 Å². The summed E-state index contributed by atoms with van der Waals surface area (Å²) in [7, 11) is 0. The third kappa shape index (κ3) is 2.81. The Morgan fingerprint density at radius 2 is 2.10 bits per heavy atom. The van der Waals surface area contributed by atoms with E-state index >= 15 is 0 Å². The summed E-state index contributed by atoms with van der Waals surface area (Å²) in [4.78, 5) is 26.7. The quantitative estimate of drug-likeness (QED) is 0.752. The van der Waals surface area contributed by atoms with E-state index in [2.05, 4.69) is 5.32 Å². The molecule has 2 aliphatic rings. The third-order valence-corrected chi connectivity index (χ3v) is 4.45. The molecule has 2 fully saturated rings. The molecule has 0 aromatic heterocycles. The summed E-state index contributed by atoms with van der Waals surface area (Å²) in [6, 6.07) is -0.514. The van der Waals surface area contributed by atoms with Crippen molar-refractivity contribution in [1.29, 1.82) is 0 Å². The Kier molecular flexibility index (Phi) is 4.99. The predicted molar refractivity (Wildman–Crippen MR) is 75.0 cm³/mol. The van der Waals surface area contributed by atoms with Gasteiger partial charge in [-0.25, -0.2) is 0 Å². The van der Waals surface area contributed by atoms with Crippen molar-refractivity contribution in [2.45, 2.75) is 38.6 Å². The first-order valence-electron chi connectivity index (χ1n) is 7.51. The second kappa shape index (κ2) is 6.54. The van der Waals surface area contributed by atoms with Crippen LogP contribution in [0.15, 0.2) is 0 Å². The fourth-order valence-corrected chi connectivity index (χ4v) is 3.22. The Labute approximate surface area is 120 Å². The number of likely N-dealkylation sites (N-methyl/N-ethyl adjacent to an activating group) is 1. The maximum Gasteiger partial charge on any atom is 0.245 e. The summed E-state index contributed by atoms with van der Waals surface area (Å²) in [6.07, 6.45) is 3.75. The minimum Gasteiger partial charge on any atom is -0.377 e. The van der Waals surface area contributed by atoms with Gasteiger partial charge in [0.2, 0.25) is 11.8 Å². The molecule has 1 aliphatic carbocycles. The summed E-state index contributed by atoms with van der Waals surface area (Å²) >= 11 is 0. The van der Waals surface area contributed by atoms with Crippen molar-refractivity contribution in [3.05, 3.63) is 0 Å². The van der Waals surface area contributed by atoms with E-state index in [0.29, 0.717) is 26.2 Å². The molecule has 0 radical (unpaired) electrons. The number of carbonyl (C=O) groups excluding carboxylic acids is 2. The van der Waals surface area contributed by atoms with Crippen LogP contribution in [0.1, 0.15) is 32.6 Å². The fourth-order valence-electron chi connectivity index (χ4n) is 3.22. The van der Waals surface area contributed by atoms with E-state index in [4.69, 9.17) is 10.5 Å². The highest BCUT2D eigenvalue weighted by Crippen LogP contribution is 2.39. The normalized spacial score (nSPS) is 25.5. The topological polar surface area (TPSA) is 84.7 Å². The molecule has 114 valence electrons. The van der Waals surface area contributed by atoms with Gasteiger partial charge in [0.15, 0.2) is 0 Å². The highest BCUT2D eigenvalue weighted by Gasteiger charge is 2.45. The van der Waals surface area contributed by atoms with Crippen LogP contribution in [-0.4, -0.2) is 55.6 Å². The van der Waals surface area contributed by atoms with E-state index in [9.17, 15) is 9.59 Å². The van der Waals surface area contributed by atoms with Gasteiger partial charge in [-0.05, 0) is 19.8 Å². The molecule has 1 aliphatic heterocycles. The average Bonchev–Trinajstić information content (AvgIpc) is 2.97. The van der Waals surface area contributed by atoms with E-state index in [0.717, 1.165) is 25.7 Å². The molecule has 6 nitrogen and oxygen atoms in total. The Balaban J connectivity index is 2.14. The lowest BCUT2D eigenvalue weighted by molar-refractivity contribution is -0.156. The van der Waals surface area contributed by atoms with Crippen molar-refractivity contribution < 1.29 is 14.3 Å². The van der Waals surface area contributed by atoms with Crippen molar-refractivity contribution in [3.8, 4) is 0 Å². The van der Waals surface area contributed by atoms with Gasteiger partial charge in [0.1, 0.15) is 6.04 Å². The lowest BCUT2D eigenvalue weighted by atomic mass is 9.84. The van der Waals surface area contributed by atoms with E-state index in [1.54, 1.807) is 4.90 Å². The number of rotatable bonds is 4. The minimum absolute atomic E-state index is 0.0389. The molecule has 6 heteroatoms. The molecule has 2 amide bonds. The number of carbonyl (C=O) groups is 2. The van der Waals surface area contributed by atoms with Gasteiger partial charge in [0.05, 0.1) is 18.6 Å². The number of hydrogen-bond acceptors (Lipinski definition) is 4. The zero-order valence-corrected chi connectivity index (χ0v) is 12.2. The molecular formula is C14H25N3O3. The van der Waals surface area contributed by atoms with Crippen LogP contribution >= 0.6 is 0 Å². The van der Waals surface area contributed by atoms with E-state index in [-0.39, 0.29) is 18.4 Å². The average molecular weight is 283 g/mol. The standard InChI is InChI=1S/C14H25N3O3/c1-2-16-12(18)11-9-20-8-7-17(11)13(19)14(10-15)5-3-4-6-14/h11H,2-10,15H2,1H3,(H,16,18). The maximum atomic E-state index is 12.9. The second-order valence-corrected chi connectivity index (χ2v) is 5.68. The SMILES string of the molecule is CCNC(=O)C1COCCN1C(=O)C1(CN)CCCC1. The van der Waals surface area contributed by atoms with Crippen LogP contribution in [0, 0.1) is 5.41 Å². The lowest BCUT2D eigenvalue weighted by Gasteiger charge is -2.40. The molecule has 3 N–H and O–H groups in total. The zero-order chi connectivity index (χ0) is 14.6. The van der Waals surface area contributed by atoms with Crippen LogP contribution in [-0.2, 0) is 14.3 Å². The van der Waals surface area contributed by atoms with Crippen LogP contribution in [0.3, 0.4) is 0 Å². The third-order valence-electron chi connectivity index (χ3n) is 4.45. The first-order chi connectivity index (χ1) is 9.64. The highest BCUT2D eigenvalue weighted by molar-refractivity contribution is 5.90. The fraction of sp³-hybridized carbons (Fsp3) is 0.857. The van der Waals surface area contributed by atoms with Gasteiger partial charge < -0.3 is 20.7 Å². The smallest absolute Gasteiger partial charge is 0.245 e. The molecular weight excluding hydrogens is 258 g/mol. The molecule has 0 bridgehead atoms. The van der Waals surface area contributed by atoms with Crippen molar-refractivity contribution >= 4 is 11.8 Å². The number of nitrogens with zero attached hydrogens (tertiary/aromatic N) is 1. The van der Waals surface area contributed by atoms with Crippen LogP contribution in [0.5, 0.6) is 0 Å². The van der Waals surface area contributed by atoms with Gasteiger partial charge in [-0.15, -0.1) is 0 Å². The predicted octanol–water partition coefficient (Wildman–Crippen LogP) is -0.131. The molecule has 0 aromatic carbocycles. The number of ether oxygens (including phenoxy) is 1. The number of hydrogen-bond donors (Lipinski definition) is 2.